The molecule has 6 nitrogen and oxygen atoms in total. The van der Waals surface area contributed by atoms with Crippen molar-refractivity contribution < 1.29 is 9.90 Å². The molecular weight excluding hydrogens is 160 g/mol. The predicted octanol–water partition coefficient (Wildman–Crippen LogP) is 1.44. The van der Waals surface area contributed by atoms with E-state index >= 15 is 0 Å². The van der Waals surface area contributed by atoms with Crippen molar-refractivity contribution in [3.63, 3.8) is 0 Å². The van der Waals surface area contributed by atoms with Gasteiger partial charge in [0, 0.05) is 24.0 Å². The lowest BCUT2D eigenvalue weighted by Gasteiger charge is -2.18. The van der Waals surface area contributed by atoms with Crippen LogP contribution in [-0.2, 0) is 0 Å². The number of hydrogen-bond donors (Lipinski definition) is 1. The molecule has 1 aliphatic heterocycles. The minimum atomic E-state index is -0.925. The molecule has 0 aromatic rings. The predicted molar refractivity (Wildman–Crippen MR) is 41.8 cm³/mol. The van der Waals surface area contributed by atoms with Crippen LogP contribution in [0.2, 0.25) is 0 Å². The van der Waals surface area contributed by atoms with Crippen LogP contribution in [0.5, 0.6) is 0 Å². The molecule has 6 heteroatoms. The quantitative estimate of drug-likeness (QED) is 0.386. The second-order valence-electron chi connectivity index (χ2n) is 2.69. The summed E-state index contributed by atoms with van der Waals surface area (Å²) < 4.78 is 0. The summed E-state index contributed by atoms with van der Waals surface area (Å²) >= 11 is 0. The Morgan fingerprint density at radius 1 is 1.83 bits per heavy atom. The molecule has 0 unspecified atom stereocenters. The minimum Gasteiger partial charge on any atom is -0.465 e. The normalized spacial score (nSPS) is 22.0. The number of amides is 1. The average molecular weight is 170 g/mol. The highest BCUT2D eigenvalue weighted by Crippen LogP contribution is 2.17. The monoisotopic (exact) mass is 170 g/mol. The summed E-state index contributed by atoms with van der Waals surface area (Å²) in [5, 5.41) is 12.0. The highest BCUT2D eigenvalue weighted by molar-refractivity contribution is 5.65. The zero-order valence-electron chi connectivity index (χ0n) is 6.55. The molecule has 0 aliphatic carbocycles. The van der Waals surface area contributed by atoms with Gasteiger partial charge in [0.25, 0.3) is 0 Å². The third kappa shape index (κ3) is 1.79. The van der Waals surface area contributed by atoms with Crippen LogP contribution in [0.15, 0.2) is 5.11 Å². The molecule has 1 rings (SSSR count). The van der Waals surface area contributed by atoms with Gasteiger partial charge in [0.1, 0.15) is 0 Å². The Morgan fingerprint density at radius 3 is 3.17 bits per heavy atom. The summed E-state index contributed by atoms with van der Waals surface area (Å²) in [5.41, 5.74) is 8.04. The SMILES string of the molecule is [N-]=[N+]=NC[C@@H]1CCCN1C(=O)O. The topological polar surface area (TPSA) is 89.3 Å². The maximum Gasteiger partial charge on any atom is 0.407 e. The van der Waals surface area contributed by atoms with Crippen molar-refractivity contribution in [2.45, 2.75) is 18.9 Å². The standard InChI is InChI=1S/C6H10N4O2/c7-9-8-4-5-2-1-3-10(5)6(11)12/h5H,1-4H2,(H,11,12)/t5-/m0/s1. The molecule has 66 valence electrons. The van der Waals surface area contributed by atoms with E-state index in [2.05, 4.69) is 10.0 Å². The highest BCUT2D eigenvalue weighted by Gasteiger charge is 2.27. The maximum absolute atomic E-state index is 10.6. The summed E-state index contributed by atoms with van der Waals surface area (Å²) in [6.07, 6.45) is 0.731. The van der Waals surface area contributed by atoms with Crippen molar-refractivity contribution in [3.8, 4) is 0 Å². The Balaban J connectivity index is 2.51. The second kappa shape index (κ2) is 3.82. The lowest BCUT2D eigenvalue weighted by Crippen LogP contribution is -2.35. The van der Waals surface area contributed by atoms with E-state index in [1.165, 1.54) is 4.90 Å². The van der Waals surface area contributed by atoms with Gasteiger partial charge in [-0.15, -0.1) is 0 Å². The van der Waals surface area contributed by atoms with Crippen LogP contribution in [0.1, 0.15) is 12.8 Å². The third-order valence-electron chi connectivity index (χ3n) is 1.98. The zero-order valence-corrected chi connectivity index (χ0v) is 6.55. The van der Waals surface area contributed by atoms with Gasteiger partial charge < -0.3 is 10.0 Å². The molecule has 0 aromatic heterocycles. The average Bonchev–Trinajstić information content (AvgIpc) is 2.48. The number of carboxylic acid groups (broad SMARTS) is 1. The largest absolute Gasteiger partial charge is 0.465 e. The van der Waals surface area contributed by atoms with Gasteiger partial charge in [-0.05, 0) is 18.4 Å². The Labute approximate surface area is 69.4 Å². The molecule has 1 aliphatic rings. The van der Waals surface area contributed by atoms with Gasteiger partial charge in [0.05, 0.1) is 0 Å². The van der Waals surface area contributed by atoms with Crippen LogP contribution in [0.4, 0.5) is 4.79 Å². The first-order valence-corrected chi connectivity index (χ1v) is 3.76. The van der Waals surface area contributed by atoms with Gasteiger partial charge in [0.15, 0.2) is 0 Å². The highest BCUT2D eigenvalue weighted by atomic mass is 16.4. The van der Waals surface area contributed by atoms with E-state index in [9.17, 15) is 4.79 Å². The molecule has 1 atom stereocenters. The molecule has 0 radical (unpaired) electrons. The number of carbonyl (C=O) groups is 1. The van der Waals surface area contributed by atoms with Crippen molar-refractivity contribution in [1.82, 2.24) is 4.90 Å². The maximum atomic E-state index is 10.6. The first kappa shape index (κ1) is 8.67. The van der Waals surface area contributed by atoms with E-state index < -0.39 is 6.09 Å². The summed E-state index contributed by atoms with van der Waals surface area (Å²) in [4.78, 5) is 14.5. The Hall–Kier alpha value is -1.42. The van der Waals surface area contributed by atoms with Crippen molar-refractivity contribution in [2.24, 2.45) is 5.11 Å². The fraction of sp³-hybridized carbons (Fsp3) is 0.833. The number of hydrogen-bond acceptors (Lipinski definition) is 2. The minimum absolute atomic E-state index is 0.113. The number of rotatable bonds is 2. The molecular formula is C6H10N4O2. The van der Waals surface area contributed by atoms with Crippen LogP contribution >= 0.6 is 0 Å². The fourth-order valence-corrected chi connectivity index (χ4v) is 1.41. The van der Waals surface area contributed by atoms with Gasteiger partial charge in [-0.3, -0.25) is 0 Å². The van der Waals surface area contributed by atoms with Gasteiger partial charge in [-0.1, -0.05) is 5.11 Å². The molecule has 1 N–H and O–H groups in total. The zero-order chi connectivity index (χ0) is 8.97. The van der Waals surface area contributed by atoms with Crippen molar-refractivity contribution in [3.05, 3.63) is 10.4 Å². The van der Waals surface area contributed by atoms with Crippen LogP contribution in [0.3, 0.4) is 0 Å². The molecule has 1 saturated heterocycles. The van der Waals surface area contributed by atoms with Gasteiger partial charge in [0.2, 0.25) is 0 Å². The molecule has 0 saturated carbocycles. The molecule has 1 fully saturated rings. The van der Waals surface area contributed by atoms with Gasteiger partial charge >= 0.3 is 6.09 Å². The number of likely N-dealkylation sites (tertiary alicyclic amines) is 1. The van der Waals surface area contributed by atoms with Crippen LogP contribution in [0, 0.1) is 0 Å². The van der Waals surface area contributed by atoms with E-state index in [1.54, 1.807) is 0 Å². The number of nitrogens with zero attached hydrogens (tertiary/aromatic N) is 4. The van der Waals surface area contributed by atoms with Gasteiger partial charge in [-0.2, -0.15) is 0 Å². The van der Waals surface area contributed by atoms with E-state index in [4.69, 9.17) is 10.6 Å². The second-order valence-corrected chi connectivity index (χ2v) is 2.69. The molecule has 1 amide bonds. The number of azide groups is 1. The van der Waals surface area contributed by atoms with Crippen molar-refractivity contribution >= 4 is 6.09 Å². The summed E-state index contributed by atoms with van der Waals surface area (Å²) in [5.74, 6) is 0. The van der Waals surface area contributed by atoms with Crippen LogP contribution < -0.4 is 0 Å². The summed E-state index contributed by atoms with van der Waals surface area (Å²) in [7, 11) is 0. The lowest BCUT2D eigenvalue weighted by molar-refractivity contribution is 0.141. The van der Waals surface area contributed by atoms with Crippen molar-refractivity contribution in [2.75, 3.05) is 13.1 Å². The first-order valence-electron chi connectivity index (χ1n) is 3.76. The molecule has 0 bridgehead atoms. The summed E-state index contributed by atoms with van der Waals surface area (Å²) in [6, 6.07) is -0.113. The molecule has 1 heterocycles. The van der Waals surface area contributed by atoms with E-state index in [0.29, 0.717) is 6.54 Å². The van der Waals surface area contributed by atoms with Crippen LogP contribution in [0.25, 0.3) is 10.4 Å². The Morgan fingerprint density at radius 2 is 2.58 bits per heavy atom. The lowest BCUT2D eigenvalue weighted by atomic mass is 10.2. The van der Waals surface area contributed by atoms with E-state index in [1.807, 2.05) is 0 Å². The molecule has 0 aromatic carbocycles. The first-order chi connectivity index (χ1) is 5.75. The molecule has 12 heavy (non-hydrogen) atoms. The smallest absolute Gasteiger partial charge is 0.407 e. The Kier molecular flexibility index (Phi) is 2.76. The van der Waals surface area contributed by atoms with Gasteiger partial charge in [-0.25, -0.2) is 4.79 Å². The van der Waals surface area contributed by atoms with Crippen LogP contribution in [-0.4, -0.2) is 35.2 Å². The van der Waals surface area contributed by atoms with Crippen molar-refractivity contribution in [1.29, 1.82) is 0 Å². The fourth-order valence-electron chi connectivity index (χ4n) is 1.41. The van der Waals surface area contributed by atoms with E-state index in [-0.39, 0.29) is 12.6 Å². The third-order valence-corrected chi connectivity index (χ3v) is 1.98. The summed E-state index contributed by atoms with van der Waals surface area (Å²) in [6.45, 7) is 0.809. The van der Waals surface area contributed by atoms with E-state index in [0.717, 1.165) is 12.8 Å². The Bertz CT molecular complexity index is 224. The molecule has 0 spiro atoms.